The molecule has 3 rings (SSSR count). The van der Waals surface area contributed by atoms with E-state index in [1.165, 1.54) is 5.56 Å². The minimum atomic E-state index is 0.0962. The van der Waals surface area contributed by atoms with Crippen LogP contribution in [0.4, 0.5) is 5.69 Å². The van der Waals surface area contributed by atoms with Gasteiger partial charge in [-0.3, -0.25) is 4.79 Å². The van der Waals surface area contributed by atoms with Gasteiger partial charge in [-0.05, 0) is 24.1 Å². The van der Waals surface area contributed by atoms with Gasteiger partial charge in [0.2, 0.25) is 5.91 Å². The normalized spacial score (nSPS) is 15.8. The third-order valence-corrected chi connectivity index (χ3v) is 4.58. The molecule has 2 aromatic rings. The molecule has 0 fully saturated rings. The molecule has 1 N–H and O–H groups in total. The van der Waals surface area contributed by atoms with Crippen molar-refractivity contribution in [1.29, 1.82) is 0 Å². The molecular weight excluding hydrogens is 328 g/mol. The van der Waals surface area contributed by atoms with Crippen LogP contribution in [0.25, 0.3) is 0 Å². The van der Waals surface area contributed by atoms with Gasteiger partial charge in [0.05, 0.1) is 18.8 Å². The minimum Gasteiger partial charge on any atom is -0.497 e. The van der Waals surface area contributed by atoms with Crippen molar-refractivity contribution in [2.45, 2.75) is 25.8 Å². The number of hydrogen-bond acceptors (Lipinski definition) is 4. The van der Waals surface area contributed by atoms with Gasteiger partial charge in [-0.2, -0.15) is 0 Å². The largest absolute Gasteiger partial charge is 0.497 e. The number of methoxy groups -OCH3 is 1. The van der Waals surface area contributed by atoms with E-state index in [9.17, 15) is 4.79 Å². The molecule has 1 heterocycles. The zero-order valence-electron chi connectivity index (χ0n) is 15.4. The van der Waals surface area contributed by atoms with Crippen molar-refractivity contribution in [2.75, 3.05) is 31.7 Å². The molecule has 1 aliphatic rings. The predicted molar refractivity (Wildman–Crippen MR) is 103 cm³/mol. The van der Waals surface area contributed by atoms with Gasteiger partial charge in [0.25, 0.3) is 0 Å². The van der Waals surface area contributed by atoms with Crippen LogP contribution in [0.1, 0.15) is 31.4 Å². The van der Waals surface area contributed by atoms with E-state index in [1.54, 1.807) is 7.11 Å². The van der Waals surface area contributed by atoms with Gasteiger partial charge in [-0.1, -0.05) is 37.3 Å². The highest BCUT2D eigenvalue weighted by molar-refractivity contribution is 5.75. The van der Waals surface area contributed by atoms with Crippen molar-refractivity contribution in [2.24, 2.45) is 0 Å². The van der Waals surface area contributed by atoms with Crippen LogP contribution >= 0.6 is 0 Å². The van der Waals surface area contributed by atoms with E-state index in [-0.39, 0.29) is 11.9 Å². The van der Waals surface area contributed by atoms with Crippen molar-refractivity contribution < 1.29 is 14.3 Å². The lowest BCUT2D eigenvalue weighted by Gasteiger charge is -2.39. The molecule has 5 heteroatoms. The number of benzene rings is 2. The summed E-state index contributed by atoms with van der Waals surface area (Å²) >= 11 is 0. The SMILES string of the molecule is CCCC(=O)NCCN1c2cc(OC)ccc2OCC1c1ccccc1. The van der Waals surface area contributed by atoms with E-state index >= 15 is 0 Å². The summed E-state index contributed by atoms with van der Waals surface area (Å²) in [6.07, 6.45) is 1.42. The second kappa shape index (κ2) is 8.61. The first-order valence-corrected chi connectivity index (χ1v) is 9.12. The van der Waals surface area contributed by atoms with Crippen LogP contribution in [-0.2, 0) is 4.79 Å². The van der Waals surface area contributed by atoms with Crippen LogP contribution in [0.2, 0.25) is 0 Å². The second-order valence-electron chi connectivity index (χ2n) is 6.36. The molecule has 2 aromatic carbocycles. The number of rotatable bonds is 7. The quantitative estimate of drug-likeness (QED) is 0.826. The summed E-state index contributed by atoms with van der Waals surface area (Å²) in [7, 11) is 1.66. The first kappa shape index (κ1) is 18.1. The Balaban J connectivity index is 1.84. The van der Waals surface area contributed by atoms with Crippen LogP contribution in [0.5, 0.6) is 11.5 Å². The molecule has 0 aliphatic carbocycles. The van der Waals surface area contributed by atoms with Crippen LogP contribution in [0.15, 0.2) is 48.5 Å². The second-order valence-corrected chi connectivity index (χ2v) is 6.36. The lowest BCUT2D eigenvalue weighted by atomic mass is 10.0. The van der Waals surface area contributed by atoms with Gasteiger partial charge in [0.1, 0.15) is 18.1 Å². The summed E-state index contributed by atoms with van der Waals surface area (Å²) < 4.78 is 11.4. The molecule has 1 amide bonds. The average Bonchev–Trinajstić information content (AvgIpc) is 2.68. The first-order chi connectivity index (χ1) is 12.7. The maximum absolute atomic E-state index is 11.8. The Morgan fingerprint density at radius 3 is 2.81 bits per heavy atom. The summed E-state index contributed by atoms with van der Waals surface area (Å²) in [4.78, 5) is 14.1. The topological polar surface area (TPSA) is 50.8 Å². The lowest BCUT2D eigenvalue weighted by molar-refractivity contribution is -0.121. The Labute approximate surface area is 154 Å². The van der Waals surface area contributed by atoms with Crippen molar-refractivity contribution >= 4 is 11.6 Å². The first-order valence-electron chi connectivity index (χ1n) is 9.12. The Kier molecular flexibility index (Phi) is 6.00. The fraction of sp³-hybridized carbons (Fsp3) is 0.381. The van der Waals surface area contributed by atoms with Crippen LogP contribution < -0.4 is 19.7 Å². The Morgan fingerprint density at radius 1 is 1.27 bits per heavy atom. The van der Waals surface area contributed by atoms with Gasteiger partial charge in [0, 0.05) is 25.6 Å². The van der Waals surface area contributed by atoms with Gasteiger partial charge in [-0.25, -0.2) is 0 Å². The van der Waals surface area contributed by atoms with Crippen molar-refractivity contribution in [3.8, 4) is 11.5 Å². The summed E-state index contributed by atoms with van der Waals surface area (Å²) in [6.45, 7) is 3.89. The van der Waals surface area contributed by atoms with E-state index in [4.69, 9.17) is 9.47 Å². The molecule has 26 heavy (non-hydrogen) atoms. The van der Waals surface area contributed by atoms with Gasteiger partial charge < -0.3 is 19.7 Å². The molecule has 5 nitrogen and oxygen atoms in total. The standard InChI is InChI=1S/C21H26N2O3/c1-3-7-21(24)22-12-13-23-18-14-17(25-2)10-11-20(18)26-15-19(23)16-8-5-4-6-9-16/h4-6,8-11,14,19H,3,7,12-13,15H2,1-2H3,(H,22,24). The molecule has 0 aromatic heterocycles. The van der Waals surface area contributed by atoms with E-state index in [0.29, 0.717) is 26.1 Å². The summed E-state index contributed by atoms with van der Waals surface area (Å²) in [5.74, 6) is 1.74. The summed E-state index contributed by atoms with van der Waals surface area (Å²) in [6, 6.07) is 16.3. The molecule has 1 aliphatic heterocycles. The number of nitrogens with one attached hydrogen (secondary N) is 1. The number of anilines is 1. The third kappa shape index (κ3) is 4.10. The van der Waals surface area contributed by atoms with E-state index in [2.05, 4.69) is 22.3 Å². The van der Waals surface area contributed by atoms with Gasteiger partial charge in [-0.15, -0.1) is 0 Å². The molecule has 0 spiro atoms. The number of nitrogens with zero attached hydrogens (tertiary/aromatic N) is 1. The van der Waals surface area contributed by atoms with E-state index < -0.39 is 0 Å². The Morgan fingerprint density at radius 2 is 2.08 bits per heavy atom. The maximum Gasteiger partial charge on any atom is 0.220 e. The average molecular weight is 354 g/mol. The molecule has 0 saturated heterocycles. The Bertz CT molecular complexity index is 733. The van der Waals surface area contributed by atoms with Gasteiger partial charge in [0.15, 0.2) is 0 Å². The lowest BCUT2D eigenvalue weighted by Crippen LogP contribution is -2.41. The highest BCUT2D eigenvalue weighted by Gasteiger charge is 2.29. The molecule has 1 atom stereocenters. The van der Waals surface area contributed by atoms with Crippen molar-refractivity contribution in [3.05, 3.63) is 54.1 Å². The highest BCUT2D eigenvalue weighted by atomic mass is 16.5. The van der Waals surface area contributed by atoms with Gasteiger partial charge >= 0.3 is 0 Å². The summed E-state index contributed by atoms with van der Waals surface area (Å²) in [5.41, 5.74) is 2.19. The molecule has 138 valence electrons. The molecule has 0 bridgehead atoms. The van der Waals surface area contributed by atoms with Crippen LogP contribution in [0.3, 0.4) is 0 Å². The number of amides is 1. The van der Waals surface area contributed by atoms with Crippen LogP contribution in [-0.4, -0.2) is 32.7 Å². The molecule has 1 unspecified atom stereocenters. The molecular formula is C21H26N2O3. The predicted octanol–water partition coefficient (Wildman–Crippen LogP) is 3.55. The van der Waals surface area contributed by atoms with Crippen molar-refractivity contribution in [3.63, 3.8) is 0 Å². The monoisotopic (exact) mass is 354 g/mol. The van der Waals surface area contributed by atoms with E-state index in [0.717, 1.165) is 23.6 Å². The number of carbonyl (C=O) groups is 1. The Hall–Kier alpha value is -2.69. The number of carbonyl (C=O) groups excluding carboxylic acids is 1. The summed E-state index contributed by atoms with van der Waals surface area (Å²) in [5, 5.41) is 3.01. The molecule has 0 saturated carbocycles. The fourth-order valence-electron chi connectivity index (χ4n) is 3.26. The smallest absolute Gasteiger partial charge is 0.220 e. The zero-order valence-corrected chi connectivity index (χ0v) is 15.4. The van der Waals surface area contributed by atoms with Crippen molar-refractivity contribution in [1.82, 2.24) is 5.32 Å². The fourth-order valence-corrected chi connectivity index (χ4v) is 3.26. The minimum absolute atomic E-state index is 0.0962. The number of ether oxygens (including phenoxy) is 2. The number of fused-ring (bicyclic) bond motifs is 1. The maximum atomic E-state index is 11.8. The van der Waals surface area contributed by atoms with E-state index in [1.807, 2.05) is 43.3 Å². The zero-order chi connectivity index (χ0) is 18.4. The van der Waals surface area contributed by atoms with Crippen LogP contribution in [0, 0.1) is 0 Å². The molecule has 0 radical (unpaired) electrons. The third-order valence-electron chi connectivity index (χ3n) is 4.58. The highest BCUT2D eigenvalue weighted by Crippen LogP contribution is 2.41. The number of hydrogen-bond donors (Lipinski definition) is 1.